The molecule has 1 heterocycles. The molecule has 1 nitrogen and oxygen atoms in total. The summed E-state index contributed by atoms with van der Waals surface area (Å²) in [4.78, 5) is 0. The van der Waals surface area contributed by atoms with Crippen LogP contribution in [-0.4, -0.2) is 12.6 Å². The van der Waals surface area contributed by atoms with Gasteiger partial charge in [-0.2, -0.15) is 0 Å². The quantitative estimate of drug-likeness (QED) is 0.632. The molecule has 0 amide bonds. The highest BCUT2D eigenvalue weighted by atomic mass is 15.1. The fourth-order valence-electron chi connectivity index (χ4n) is 1.41. The molecule has 1 saturated heterocycles. The largest absolute Gasteiger partial charge is 0.311 e. The van der Waals surface area contributed by atoms with Crippen LogP contribution in [0.25, 0.3) is 0 Å². The molecule has 1 aromatic carbocycles. The Morgan fingerprint density at radius 2 is 2.00 bits per heavy atom. The van der Waals surface area contributed by atoms with Crippen LogP contribution in [-0.2, 0) is 0 Å². The molecular weight excluding hydrogens is 134 g/mol. The van der Waals surface area contributed by atoms with E-state index in [0.29, 0.717) is 5.92 Å². The average Bonchev–Trinajstić information content (AvgIpc) is 2.87. The van der Waals surface area contributed by atoms with E-state index in [1.54, 1.807) is 0 Å². The van der Waals surface area contributed by atoms with Gasteiger partial charge in [0.15, 0.2) is 0 Å². The van der Waals surface area contributed by atoms with Crippen LogP contribution in [0.1, 0.15) is 18.4 Å². The second-order valence-electron chi connectivity index (χ2n) is 3.21. The molecule has 1 heteroatoms. The average molecular weight is 147 g/mol. The molecule has 1 N–H and O–H groups in total. The standard InChI is InChI=1S/C10H13N/c1-8(10-7-11-10)9-5-3-2-4-6-9/h2-6,8,10-11H,7H2,1H3/t8-,10-/m0/s1. The summed E-state index contributed by atoms with van der Waals surface area (Å²) in [6.07, 6.45) is 0. The lowest BCUT2D eigenvalue weighted by Gasteiger charge is -2.07. The number of rotatable bonds is 2. The predicted molar refractivity (Wildman–Crippen MR) is 46.6 cm³/mol. The third-order valence-corrected chi connectivity index (χ3v) is 2.37. The molecule has 1 aliphatic heterocycles. The molecule has 0 unspecified atom stereocenters. The summed E-state index contributed by atoms with van der Waals surface area (Å²) in [5.74, 6) is 0.677. The van der Waals surface area contributed by atoms with Crippen LogP contribution in [0.15, 0.2) is 30.3 Å². The Bertz CT molecular complexity index is 226. The highest BCUT2D eigenvalue weighted by Crippen LogP contribution is 2.23. The smallest absolute Gasteiger partial charge is 0.0259 e. The lowest BCUT2D eigenvalue weighted by atomic mass is 9.98. The summed E-state index contributed by atoms with van der Waals surface area (Å²) in [5.41, 5.74) is 1.45. The van der Waals surface area contributed by atoms with Gasteiger partial charge in [-0.25, -0.2) is 0 Å². The molecule has 58 valence electrons. The van der Waals surface area contributed by atoms with E-state index in [4.69, 9.17) is 0 Å². The van der Waals surface area contributed by atoms with Gasteiger partial charge >= 0.3 is 0 Å². The maximum absolute atomic E-state index is 3.33. The lowest BCUT2D eigenvalue weighted by Crippen LogP contribution is -2.03. The van der Waals surface area contributed by atoms with Crippen LogP contribution >= 0.6 is 0 Å². The van der Waals surface area contributed by atoms with E-state index < -0.39 is 0 Å². The van der Waals surface area contributed by atoms with Crippen molar-refractivity contribution in [2.75, 3.05) is 6.54 Å². The van der Waals surface area contributed by atoms with Gasteiger partial charge in [0.1, 0.15) is 0 Å². The molecule has 0 spiro atoms. The van der Waals surface area contributed by atoms with Gasteiger partial charge in [-0.3, -0.25) is 0 Å². The van der Waals surface area contributed by atoms with Crippen molar-refractivity contribution in [2.24, 2.45) is 0 Å². The van der Waals surface area contributed by atoms with Crippen molar-refractivity contribution in [3.63, 3.8) is 0 Å². The zero-order valence-corrected chi connectivity index (χ0v) is 6.75. The molecular formula is C10H13N. The van der Waals surface area contributed by atoms with Crippen LogP contribution in [0, 0.1) is 0 Å². The molecule has 2 rings (SSSR count). The Morgan fingerprint density at radius 1 is 1.36 bits per heavy atom. The van der Waals surface area contributed by atoms with Crippen LogP contribution in [0.3, 0.4) is 0 Å². The topological polar surface area (TPSA) is 21.9 Å². The Kier molecular flexibility index (Phi) is 1.66. The molecule has 0 saturated carbocycles. The normalized spacial score (nSPS) is 24.6. The molecule has 11 heavy (non-hydrogen) atoms. The maximum Gasteiger partial charge on any atom is 0.0259 e. The molecule has 0 bridgehead atoms. The zero-order chi connectivity index (χ0) is 7.68. The summed E-state index contributed by atoms with van der Waals surface area (Å²) in [6.45, 7) is 3.47. The van der Waals surface area contributed by atoms with E-state index in [1.807, 2.05) is 0 Å². The summed E-state index contributed by atoms with van der Waals surface area (Å²) in [6, 6.07) is 11.4. The van der Waals surface area contributed by atoms with Crippen molar-refractivity contribution in [2.45, 2.75) is 18.9 Å². The lowest BCUT2D eigenvalue weighted by molar-refractivity contribution is 0.741. The van der Waals surface area contributed by atoms with E-state index in [-0.39, 0.29) is 0 Å². The molecule has 1 aromatic rings. The maximum atomic E-state index is 3.33. The first-order valence-electron chi connectivity index (χ1n) is 4.16. The first-order valence-corrected chi connectivity index (χ1v) is 4.16. The van der Waals surface area contributed by atoms with Gasteiger partial charge in [0.2, 0.25) is 0 Å². The Morgan fingerprint density at radius 3 is 2.55 bits per heavy atom. The fraction of sp³-hybridized carbons (Fsp3) is 0.400. The summed E-state index contributed by atoms with van der Waals surface area (Å²) in [5, 5.41) is 3.33. The van der Waals surface area contributed by atoms with E-state index in [0.717, 1.165) is 6.04 Å². The Balaban J connectivity index is 2.15. The zero-order valence-electron chi connectivity index (χ0n) is 6.75. The second-order valence-corrected chi connectivity index (χ2v) is 3.21. The first kappa shape index (κ1) is 6.86. The molecule has 0 aliphatic carbocycles. The third kappa shape index (κ3) is 1.43. The van der Waals surface area contributed by atoms with Crippen molar-refractivity contribution >= 4 is 0 Å². The molecule has 0 aromatic heterocycles. The van der Waals surface area contributed by atoms with Crippen molar-refractivity contribution in [1.82, 2.24) is 5.32 Å². The Labute approximate surface area is 67.4 Å². The number of benzene rings is 1. The van der Waals surface area contributed by atoms with Gasteiger partial charge in [0.25, 0.3) is 0 Å². The minimum absolute atomic E-state index is 0.677. The third-order valence-electron chi connectivity index (χ3n) is 2.37. The van der Waals surface area contributed by atoms with Gasteiger partial charge in [0.05, 0.1) is 0 Å². The van der Waals surface area contributed by atoms with E-state index in [1.165, 1.54) is 12.1 Å². The van der Waals surface area contributed by atoms with Crippen molar-refractivity contribution in [3.8, 4) is 0 Å². The minimum Gasteiger partial charge on any atom is -0.311 e. The van der Waals surface area contributed by atoms with Crippen LogP contribution in [0.2, 0.25) is 0 Å². The minimum atomic E-state index is 0.677. The van der Waals surface area contributed by atoms with Gasteiger partial charge < -0.3 is 5.32 Å². The molecule has 0 radical (unpaired) electrons. The van der Waals surface area contributed by atoms with Gasteiger partial charge in [-0.1, -0.05) is 37.3 Å². The monoisotopic (exact) mass is 147 g/mol. The molecule has 1 aliphatic rings. The highest BCUT2D eigenvalue weighted by Gasteiger charge is 2.27. The van der Waals surface area contributed by atoms with Gasteiger partial charge in [0, 0.05) is 12.6 Å². The Hall–Kier alpha value is -0.820. The van der Waals surface area contributed by atoms with Gasteiger partial charge in [-0.15, -0.1) is 0 Å². The first-order chi connectivity index (χ1) is 5.38. The van der Waals surface area contributed by atoms with Crippen molar-refractivity contribution in [1.29, 1.82) is 0 Å². The summed E-state index contributed by atoms with van der Waals surface area (Å²) < 4.78 is 0. The van der Waals surface area contributed by atoms with E-state index in [2.05, 4.69) is 42.6 Å². The molecule has 1 fully saturated rings. The number of nitrogens with one attached hydrogen (secondary N) is 1. The van der Waals surface area contributed by atoms with Crippen LogP contribution in [0.4, 0.5) is 0 Å². The van der Waals surface area contributed by atoms with E-state index >= 15 is 0 Å². The molecule has 2 atom stereocenters. The van der Waals surface area contributed by atoms with E-state index in [9.17, 15) is 0 Å². The predicted octanol–water partition coefficient (Wildman–Crippen LogP) is 1.76. The SMILES string of the molecule is C[C@@H](c1ccccc1)[C@@H]1CN1. The summed E-state index contributed by atoms with van der Waals surface area (Å²) >= 11 is 0. The van der Waals surface area contributed by atoms with Crippen LogP contribution in [0.5, 0.6) is 0 Å². The fourth-order valence-corrected chi connectivity index (χ4v) is 1.41. The highest BCUT2D eigenvalue weighted by molar-refractivity contribution is 5.22. The van der Waals surface area contributed by atoms with Crippen molar-refractivity contribution < 1.29 is 0 Å². The van der Waals surface area contributed by atoms with Crippen LogP contribution < -0.4 is 5.32 Å². The summed E-state index contributed by atoms with van der Waals surface area (Å²) in [7, 11) is 0. The van der Waals surface area contributed by atoms with Crippen molar-refractivity contribution in [3.05, 3.63) is 35.9 Å². The number of hydrogen-bond donors (Lipinski definition) is 1. The van der Waals surface area contributed by atoms with Gasteiger partial charge in [-0.05, 0) is 11.5 Å². The second kappa shape index (κ2) is 2.67. The number of hydrogen-bond acceptors (Lipinski definition) is 1.